The molecule has 0 fully saturated rings. The lowest BCUT2D eigenvalue weighted by atomic mass is 9.85. The highest BCUT2D eigenvalue weighted by molar-refractivity contribution is 6.22. The van der Waals surface area contributed by atoms with Crippen LogP contribution in [0.25, 0.3) is 77.2 Å². The molecular formula is C62H55NO. The van der Waals surface area contributed by atoms with Crippen LogP contribution < -0.4 is 4.90 Å². The van der Waals surface area contributed by atoms with Gasteiger partial charge in [0, 0.05) is 21.8 Å². The van der Waals surface area contributed by atoms with Gasteiger partial charge in [-0.2, -0.15) is 0 Å². The Balaban J connectivity index is 1.42. The topological polar surface area (TPSA) is 16.4 Å². The third-order valence-corrected chi connectivity index (χ3v) is 12.3. The summed E-state index contributed by atoms with van der Waals surface area (Å²) >= 11 is 0. The summed E-state index contributed by atoms with van der Waals surface area (Å²) in [6.45, 7) is 15.8. The molecule has 0 aliphatic heterocycles. The lowest BCUT2D eigenvalue weighted by molar-refractivity contribution is 0.672. The highest BCUT2D eigenvalue weighted by atomic mass is 16.3. The van der Waals surface area contributed by atoms with Crippen LogP contribution in [0.1, 0.15) is 89.9 Å². The lowest BCUT2D eigenvalue weighted by Gasteiger charge is -2.32. The predicted molar refractivity (Wildman–Crippen MR) is 275 cm³/mol. The first-order valence-electron chi connectivity index (χ1n) is 33.1. The number of para-hydroxylation sites is 1. The highest BCUT2D eigenvalue weighted by Gasteiger charge is 2.28. The van der Waals surface area contributed by atoms with E-state index >= 15 is 0 Å². The summed E-state index contributed by atoms with van der Waals surface area (Å²) in [5.74, 6) is 0. The Hall–Kier alpha value is -7.16. The van der Waals surface area contributed by atoms with Crippen molar-refractivity contribution < 1.29 is 38.7 Å². The molecule has 0 saturated carbocycles. The number of nitrogens with zero attached hydrogens (tertiary/aromatic N) is 1. The van der Waals surface area contributed by atoms with Gasteiger partial charge < -0.3 is 9.32 Å². The first kappa shape index (κ1) is 21.5. The Labute approximate surface area is 413 Å². The number of benzene rings is 9. The second kappa shape index (κ2) is 15.9. The van der Waals surface area contributed by atoms with Gasteiger partial charge in [0.05, 0.1) is 45.6 Å². The van der Waals surface area contributed by atoms with Gasteiger partial charge in [-0.25, -0.2) is 0 Å². The molecule has 10 rings (SSSR count). The van der Waals surface area contributed by atoms with Gasteiger partial charge in [0.25, 0.3) is 0 Å². The van der Waals surface area contributed by atoms with Crippen molar-refractivity contribution in [3.8, 4) is 44.5 Å². The van der Waals surface area contributed by atoms with Crippen LogP contribution in [0.15, 0.2) is 155 Å². The minimum atomic E-state index is -0.772. The molecule has 0 atom stereocenters. The number of anilines is 3. The fraction of sp³-hybridized carbons (Fsp3) is 0.161. The van der Waals surface area contributed by atoms with Crippen LogP contribution in [0.5, 0.6) is 0 Å². The molecule has 1 heterocycles. The molecule has 9 aromatic carbocycles. The summed E-state index contributed by atoms with van der Waals surface area (Å²) in [6, 6.07) is -15.1. The van der Waals surface area contributed by atoms with Crippen LogP contribution in [0, 0.1) is 69.2 Å². The SMILES string of the molecule is [2H]c1c([2H])c([2H])c(-c2c([2H])c(C)c(N(c3c([2H])c(C)c(-c4c([2H])c([2H])c(-c5c([2H])c([2H])c([2H])c([2H])c5[2H])c(C)c4C)c(C)c3C)c3c([2H])c([2H])c([2H])c4c3oc3c5c(C)c([2H])c(C)c(C)c5c(-c5c([2H])c([2H])c([2H])c([2H])c5[2H])c([2H])c34)c(C)c2[2H])c([2H])c1[2H]. The summed E-state index contributed by atoms with van der Waals surface area (Å²) < 4.78 is 235. The first-order chi connectivity index (χ1) is 41.4. The molecule has 0 spiro atoms. The average molecular weight is 855 g/mol. The van der Waals surface area contributed by atoms with E-state index in [0.29, 0.717) is 27.8 Å². The maximum atomic E-state index is 10.4. The van der Waals surface area contributed by atoms with Crippen molar-refractivity contribution in [2.75, 3.05) is 4.90 Å². The smallest absolute Gasteiger partial charge is 0.159 e. The van der Waals surface area contributed by atoms with Gasteiger partial charge in [0.1, 0.15) is 5.58 Å². The van der Waals surface area contributed by atoms with Gasteiger partial charge in [-0.1, -0.05) is 121 Å². The Morgan fingerprint density at radius 3 is 1.58 bits per heavy atom. The molecule has 2 nitrogen and oxygen atoms in total. The second-order valence-electron chi connectivity index (χ2n) is 16.0. The molecule has 64 heavy (non-hydrogen) atoms. The Bertz CT molecular complexity index is 4790. The van der Waals surface area contributed by atoms with Crippen molar-refractivity contribution in [2.24, 2.45) is 0 Å². The Morgan fingerprint density at radius 1 is 0.359 bits per heavy atom. The van der Waals surface area contributed by atoms with Crippen LogP contribution in [0.2, 0.25) is 0 Å². The van der Waals surface area contributed by atoms with Crippen molar-refractivity contribution in [1.29, 1.82) is 0 Å². The molecule has 314 valence electrons. The zero-order chi connectivity index (χ0) is 66.3. The summed E-state index contributed by atoms with van der Waals surface area (Å²) in [5.41, 5.74) is -0.122. The maximum absolute atomic E-state index is 10.4. The zero-order valence-electron chi connectivity index (χ0n) is 61.9. The van der Waals surface area contributed by atoms with E-state index in [-0.39, 0.29) is 123 Å². The third kappa shape index (κ3) is 6.55. The van der Waals surface area contributed by atoms with Gasteiger partial charge in [0.15, 0.2) is 5.58 Å². The Kier molecular flexibility index (Phi) is 5.33. The van der Waals surface area contributed by atoms with Crippen molar-refractivity contribution >= 4 is 49.8 Å². The predicted octanol–water partition coefficient (Wildman–Crippen LogP) is 18.0. The minimum Gasteiger partial charge on any atom is -0.453 e. The van der Waals surface area contributed by atoms with Gasteiger partial charge in [-0.3, -0.25) is 0 Å². The molecule has 0 saturated heterocycles. The molecule has 0 N–H and O–H groups in total. The summed E-state index contributed by atoms with van der Waals surface area (Å²) in [6.07, 6.45) is 0. The molecule has 10 aromatic rings. The monoisotopic (exact) mass is 855 g/mol. The standard InChI is InChI=1S/C62H55NO/c1-36-31-37(2)58-59(41(36)6)53(48-25-18-13-19-26-48)35-54-52-27-20-28-55(61(52)64-62(54)58)63(60-39(4)32-49(33-40(60)5)46-21-14-11-15-22-46)56-34-38(3)57(45(10)44(56)9)51-30-29-50(42(7)43(51)8)47-23-16-12-17-24-47/h11-35H,1-10H3/i11D,12D,13D,14D,15D,16D,17D,18D,19D,20D,21D,22D,23D,24D,25D,26D,27D,28D,29D,30D,31D,32D,33D,34D,35D. The molecule has 0 bridgehead atoms. The van der Waals surface area contributed by atoms with E-state index in [1.807, 2.05) is 0 Å². The number of aryl methyl sites for hydroxylation is 2. The zero-order valence-corrected chi connectivity index (χ0v) is 36.9. The molecule has 0 amide bonds. The fourth-order valence-corrected chi connectivity index (χ4v) is 8.84. The largest absolute Gasteiger partial charge is 0.453 e. The number of hydrogen-bond acceptors (Lipinski definition) is 2. The van der Waals surface area contributed by atoms with Gasteiger partial charge in [0.2, 0.25) is 0 Å². The first-order valence-corrected chi connectivity index (χ1v) is 20.6. The van der Waals surface area contributed by atoms with E-state index in [4.69, 9.17) is 22.2 Å². The summed E-state index contributed by atoms with van der Waals surface area (Å²) in [5, 5.41) is -0.214. The van der Waals surface area contributed by atoms with Gasteiger partial charge in [-0.15, -0.1) is 0 Å². The average Bonchev–Trinajstić information content (AvgIpc) is 1.66. The van der Waals surface area contributed by atoms with Gasteiger partial charge in [-0.05, 0) is 205 Å². The quantitative estimate of drug-likeness (QED) is 0.159. The number of furan rings is 1. The number of fused-ring (bicyclic) bond motifs is 5. The fourth-order valence-electron chi connectivity index (χ4n) is 8.84. The number of rotatable bonds is 7. The molecule has 0 unspecified atom stereocenters. The highest BCUT2D eigenvalue weighted by Crippen LogP contribution is 2.50. The van der Waals surface area contributed by atoms with Crippen molar-refractivity contribution in [1.82, 2.24) is 0 Å². The molecule has 0 radical (unpaired) electrons. The van der Waals surface area contributed by atoms with E-state index in [0.717, 1.165) is 0 Å². The molecule has 0 aliphatic rings. The second-order valence-corrected chi connectivity index (χ2v) is 16.0. The van der Waals surface area contributed by atoms with Crippen LogP contribution in [-0.2, 0) is 0 Å². The summed E-state index contributed by atoms with van der Waals surface area (Å²) in [4.78, 5) is 1.32. The summed E-state index contributed by atoms with van der Waals surface area (Å²) in [7, 11) is 0. The minimum absolute atomic E-state index is 0.0104. The van der Waals surface area contributed by atoms with Crippen LogP contribution in [0.3, 0.4) is 0 Å². The van der Waals surface area contributed by atoms with Crippen LogP contribution >= 0.6 is 0 Å². The van der Waals surface area contributed by atoms with E-state index in [1.165, 1.54) is 18.7 Å². The van der Waals surface area contributed by atoms with Crippen molar-refractivity contribution in [3.05, 3.63) is 207 Å². The van der Waals surface area contributed by atoms with E-state index in [2.05, 4.69) is 0 Å². The molecular weight excluding hydrogens is 775 g/mol. The Morgan fingerprint density at radius 2 is 0.938 bits per heavy atom. The van der Waals surface area contributed by atoms with Crippen molar-refractivity contribution in [3.63, 3.8) is 0 Å². The lowest BCUT2D eigenvalue weighted by Crippen LogP contribution is -2.16. The van der Waals surface area contributed by atoms with E-state index in [9.17, 15) is 16.4 Å². The normalized spacial score (nSPS) is 17.1. The van der Waals surface area contributed by atoms with E-state index in [1.54, 1.807) is 55.4 Å². The van der Waals surface area contributed by atoms with E-state index < -0.39 is 150 Å². The van der Waals surface area contributed by atoms with Crippen LogP contribution in [0.4, 0.5) is 17.1 Å². The molecule has 2 heteroatoms. The van der Waals surface area contributed by atoms with Crippen molar-refractivity contribution in [2.45, 2.75) is 69.2 Å². The maximum Gasteiger partial charge on any atom is 0.159 e. The third-order valence-electron chi connectivity index (χ3n) is 12.3. The molecule has 0 aliphatic carbocycles. The number of hydrogen-bond donors (Lipinski definition) is 0. The molecule has 1 aromatic heterocycles. The van der Waals surface area contributed by atoms with Gasteiger partial charge >= 0.3 is 0 Å². The van der Waals surface area contributed by atoms with Crippen LogP contribution in [-0.4, -0.2) is 0 Å².